The fourth-order valence-corrected chi connectivity index (χ4v) is 3.23. The number of nitrogens with one attached hydrogen (secondary N) is 1. The van der Waals surface area contributed by atoms with E-state index in [1.807, 2.05) is 11.4 Å². The van der Waals surface area contributed by atoms with E-state index in [2.05, 4.69) is 15.5 Å². The van der Waals surface area contributed by atoms with E-state index < -0.39 is 5.97 Å². The van der Waals surface area contributed by atoms with Gasteiger partial charge >= 0.3 is 5.97 Å². The molecule has 1 N–H and O–H groups in total. The highest BCUT2D eigenvalue weighted by Gasteiger charge is 2.11. The third kappa shape index (κ3) is 5.34. The number of aromatic nitrogens is 2. The average molecular weight is 435 g/mol. The molecule has 0 aliphatic carbocycles. The smallest absolute Gasteiger partial charge is 0.343 e. The van der Waals surface area contributed by atoms with Crippen LogP contribution in [0.1, 0.15) is 31.7 Å². The van der Waals surface area contributed by atoms with Crippen LogP contribution in [0, 0.1) is 6.92 Å². The Hall–Kier alpha value is -3.98. The number of hydrogen-bond acceptors (Lipinski definition) is 8. The maximum Gasteiger partial charge on any atom is 0.343 e. The zero-order valence-electron chi connectivity index (χ0n) is 16.4. The van der Waals surface area contributed by atoms with E-state index in [-0.39, 0.29) is 12.5 Å². The minimum atomic E-state index is -0.504. The zero-order chi connectivity index (χ0) is 21.6. The number of thiophene rings is 1. The van der Waals surface area contributed by atoms with Crippen LogP contribution in [-0.4, -0.2) is 22.0 Å². The molecule has 0 atom stereocenters. The first kappa shape index (κ1) is 20.3. The molecule has 0 aliphatic rings. The largest absolute Gasteiger partial charge is 0.485 e. The van der Waals surface area contributed by atoms with Crippen molar-refractivity contribution < 1.29 is 23.6 Å². The summed E-state index contributed by atoms with van der Waals surface area (Å²) >= 11 is 1.36. The summed E-state index contributed by atoms with van der Waals surface area (Å²) in [6, 6.07) is 16.7. The van der Waals surface area contributed by atoms with Crippen molar-refractivity contribution in [3.8, 4) is 11.5 Å². The quantitative estimate of drug-likeness (QED) is 0.337. The average Bonchev–Trinajstić information content (AvgIpc) is 3.46. The van der Waals surface area contributed by atoms with Gasteiger partial charge in [0, 0.05) is 12.6 Å². The van der Waals surface area contributed by atoms with E-state index in [0.29, 0.717) is 39.3 Å². The van der Waals surface area contributed by atoms with Gasteiger partial charge in [0.2, 0.25) is 11.7 Å². The molecule has 2 aromatic heterocycles. The standard InChI is InChI=1S/C22H17N3O5S/c1-14-23-20(25-30-14)13-28-17-8-4-15(5-9-17)22(27)29-18-10-6-16(7-11-18)24-21(26)19-3-2-12-31-19/h2-12H,13H2,1H3,(H,24,26). The Morgan fingerprint density at radius 2 is 1.77 bits per heavy atom. The van der Waals surface area contributed by atoms with E-state index >= 15 is 0 Å². The van der Waals surface area contributed by atoms with Gasteiger partial charge in [-0.1, -0.05) is 11.2 Å². The van der Waals surface area contributed by atoms with Gasteiger partial charge in [-0.2, -0.15) is 4.98 Å². The zero-order valence-corrected chi connectivity index (χ0v) is 17.2. The molecule has 9 heteroatoms. The molecule has 2 heterocycles. The highest BCUT2D eigenvalue weighted by molar-refractivity contribution is 7.12. The Balaban J connectivity index is 1.30. The lowest BCUT2D eigenvalue weighted by Crippen LogP contribution is -2.10. The van der Waals surface area contributed by atoms with Crippen molar-refractivity contribution in [2.45, 2.75) is 13.5 Å². The van der Waals surface area contributed by atoms with Gasteiger partial charge in [0.25, 0.3) is 5.91 Å². The van der Waals surface area contributed by atoms with Crippen molar-refractivity contribution >= 4 is 28.9 Å². The van der Waals surface area contributed by atoms with Gasteiger partial charge in [-0.25, -0.2) is 4.79 Å². The second-order valence-electron chi connectivity index (χ2n) is 6.39. The molecular weight excluding hydrogens is 418 g/mol. The van der Waals surface area contributed by atoms with Crippen LogP contribution in [-0.2, 0) is 6.61 Å². The SMILES string of the molecule is Cc1nc(COc2ccc(C(=O)Oc3ccc(NC(=O)c4cccs4)cc3)cc2)no1. The Kier molecular flexibility index (Phi) is 6.04. The van der Waals surface area contributed by atoms with E-state index in [1.54, 1.807) is 61.5 Å². The molecule has 0 saturated heterocycles. The lowest BCUT2D eigenvalue weighted by Gasteiger charge is -2.08. The number of anilines is 1. The molecule has 1 amide bonds. The van der Waals surface area contributed by atoms with Gasteiger partial charge in [-0.3, -0.25) is 4.79 Å². The van der Waals surface area contributed by atoms with Gasteiger partial charge in [-0.05, 0) is 60.0 Å². The van der Waals surface area contributed by atoms with Crippen molar-refractivity contribution in [2.75, 3.05) is 5.32 Å². The van der Waals surface area contributed by atoms with Crippen LogP contribution in [0.15, 0.2) is 70.6 Å². The van der Waals surface area contributed by atoms with Gasteiger partial charge < -0.3 is 19.3 Å². The molecule has 31 heavy (non-hydrogen) atoms. The van der Waals surface area contributed by atoms with Crippen molar-refractivity contribution in [1.82, 2.24) is 10.1 Å². The highest BCUT2D eigenvalue weighted by atomic mass is 32.1. The molecule has 0 spiro atoms. The Labute approximate surface area is 181 Å². The van der Waals surface area contributed by atoms with Gasteiger partial charge in [-0.15, -0.1) is 11.3 Å². The van der Waals surface area contributed by atoms with Crippen LogP contribution >= 0.6 is 11.3 Å². The van der Waals surface area contributed by atoms with Crippen LogP contribution in [0.2, 0.25) is 0 Å². The maximum absolute atomic E-state index is 12.4. The van der Waals surface area contributed by atoms with Crippen LogP contribution in [0.3, 0.4) is 0 Å². The number of esters is 1. The summed E-state index contributed by atoms with van der Waals surface area (Å²) in [7, 11) is 0. The number of carbonyl (C=O) groups is 2. The first-order valence-electron chi connectivity index (χ1n) is 9.26. The Bertz CT molecular complexity index is 1170. The highest BCUT2D eigenvalue weighted by Crippen LogP contribution is 2.20. The molecule has 0 bridgehead atoms. The van der Waals surface area contributed by atoms with E-state index in [4.69, 9.17) is 14.0 Å². The van der Waals surface area contributed by atoms with Crippen LogP contribution in [0.4, 0.5) is 5.69 Å². The second kappa shape index (κ2) is 9.23. The molecular formula is C22H17N3O5S. The number of carbonyl (C=O) groups excluding carboxylic acids is 2. The fourth-order valence-electron chi connectivity index (χ4n) is 2.61. The number of hydrogen-bond donors (Lipinski definition) is 1. The van der Waals surface area contributed by atoms with Gasteiger partial charge in [0.05, 0.1) is 10.4 Å². The molecule has 2 aromatic carbocycles. The molecule has 0 radical (unpaired) electrons. The van der Waals surface area contributed by atoms with Crippen molar-refractivity contribution in [2.24, 2.45) is 0 Å². The van der Waals surface area contributed by atoms with E-state index in [9.17, 15) is 9.59 Å². The number of nitrogens with zero attached hydrogens (tertiary/aromatic N) is 2. The summed E-state index contributed by atoms with van der Waals surface area (Å²) < 4.78 is 15.8. The monoisotopic (exact) mass is 435 g/mol. The van der Waals surface area contributed by atoms with Gasteiger partial charge in [0.15, 0.2) is 6.61 Å². The van der Waals surface area contributed by atoms with Crippen molar-refractivity contribution in [1.29, 1.82) is 0 Å². The first-order valence-corrected chi connectivity index (χ1v) is 10.1. The lowest BCUT2D eigenvalue weighted by atomic mass is 10.2. The van der Waals surface area contributed by atoms with Gasteiger partial charge in [0.1, 0.15) is 11.5 Å². The molecule has 0 unspecified atom stereocenters. The number of amides is 1. The van der Waals surface area contributed by atoms with Crippen LogP contribution in [0.25, 0.3) is 0 Å². The van der Waals surface area contributed by atoms with Crippen LogP contribution < -0.4 is 14.8 Å². The topological polar surface area (TPSA) is 104 Å². The number of aryl methyl sites for hydroxylation is 1. The Morgan fingerprint density at radius 3 is 2.42 bits per heavy atom. The minimum Gasteiger partial charge on any atom is -0.485 e. The second-order valence-corrected chi connectivity index (χ2v) is 7.34. The minimum absolute atomic E-state index is 0.163. The molecule has 8 nitrogen and oxygen atoms in total. The fraction of sp³-hybridized carbons (Fsp3) is 0.0909. The summed E-state index contributed by atoms with van der Waals surface area (Å²) in [5.74, 6) is 1.15. The predicted octanol–water partition coefficient (Wildman–Crippen LogP) is 4.49. The summed E-state index contributed by atoms with van der Waals surface area (Å²) in [6.45, 7) is 1.86. The molecule has 0 saturated carbocycles. The van der Waals surface area contributed by atoms with Crippen molar-refractivity contribution in [3.63, 3.8) is 0 Å². The number of ether oxygens (including phenoxy) is 2. The third-order valence-electron chi connectivity index (χ3n) is 4.10. The van der Waals surface area contributed by atoms with Crippen molar-refractivity contribution in [3.05, 3.63) is 88.2 Å². The summed E-state index contributed by atoms with van der Waals surface area (Å²) in [5.41, 5.74) is 0.981. The molecule has 4 rings (SSSR count). The predicted molar refractivity (Wildman–Crippen MR) is 113 cm³/mol. The molecule has 0 fully saturated rings. The van der Waals surface area contributed by atoms with Crippen LogP contribution in [0.5, 0.6) is 11.5 Å². The molecule has 156 valence electrons. The summed E-state index contributed by atoms with van der Waals surface area (Å²) in [6.07, 6.45) is 0. The van der Waals surface area contributed by atoms with E-state index in [0.717, 1.165) is 0 Å². The number of rotatable bonds is 7. The maximum atomic E-state index is 12.4. The lowest BCUT2D eigenvalue weighted by molar-refractivity contribution is 0.0734. The molecule has 4 aromatic rings. The van der Waals surface area contributed by atoms with E-state index in [1.165, 1.54) is 11.3 Å². The summed E-state index contributed by atoms with van der Waals surface area (Å²) in [5, 5.41) is 8.38. The first-order chi connectivity index (χ1) is 15.1. The number of benzene rings is 2. The Morgan fingerprint density at radius 1 is 1.03 bits per heavy atom. The molecule has 0 aliphatic heterocycles. The normalized spacial score (nSPS) is 10.5. The summed E-state index contributed by atoms with van der Waals surface area (Å²) in [4.78, 5) is 29.1. The third-order valence-corrected chi connectivity index (χ3v) is 4.96.